The highest BCUT2D eigenvalue weighted by molar-refractivity contribution is 5.48. The molecule has 3 aromatic rings. The molecule has 0 aromatic heterocycles. The zero-order valence-corrected chi connectivity index (χ0v) is 16.7. The van der Waals surface area contributed by atoms with Gasteiger partial charge in [-0.15, -0.1) is 0 Å². The predicted octanol–water partition coefficient (Wildman–Crippen LogP) is 6.07. The fourth-order valence-corrected chi connectivity index (χ4v) is 3.53. The zero-order valence-electron chi connectivity index (χ0n) is 16.7. The van der Waals surface area contributed by atoms with Crippen molar-refractivity contribution in [1.29, 1.82) is 0 Å². The third kappa shape index (κ3) is 4.65. The average Bonchev–Trinajstić information content (AvgIpc) is 3.58. The molecule has 0 atom stereocenters. The number of rotatable bonds is 5. The summed E-state index contributed by atoms with van der Waals surface area (Å²) < 4.78 is 5.25. The minimum Gasteiger partial charge on any atom is -0.497 e. The van der Waals surface area contributed by atoms with Crippen LogP contribution >= 0.6 is 0 Å². The van der Waals surface area contributed by atoms with E-state index in [1.165, 1.54) is 35.1 Å². The van der Waals surface area contributed by atoms with Crippen LogP contribution in [0.25, 0.3) is 0 Å². The van der Waals surface area contributed by atoms with Crippen LogP contribution in [0.4, 0.5) is 0 Å². The first-order chi connectivity index (χ1) is 13.7. The monoisotopic (exact) mass is 366 g/mol. The highest BCUT2D eigenvalue weighted by Crippen LogP contribution is 2.42. The molecule has 0 bridgehead atoms. The highest BCUT2D eigenvalue weighted by Gasteiger charge is 2.26. The molecular formula is C27H26O. The summed E-state index contributed by atoms with van der Waals surface area (Å²) in [6.45, 7) is 2.10. The summed E-state index contributed by atoms with van der Waals surface area (Å²) >= 11 is 0. The van der Waals surface area contributed by atoms with Crippen LogP contribution in [0.15, 0.2) is 66.7 Å². The fraction of sp³-hybridized carbons (Fsp3) is 0.259. The van der Waals surface area contributed by atoms with Crippen molar-refractivity contribution in [3.63, 3.8) is 0 Å². The minimum atomic E-state index is 0.729. The molecule has 1 aliphatic rings. The molecule has 0 N–H and O–H groups in total. The summed E-state index contributed by atoms with van der Waals surface area (Å²) in [5, 5.41) is 0. The van der Waals surface area contributed by atoms with Crippen LogP contribution in [0.3, 0.4) is 0 Å². The molecule has 0 radical (unpaired) electrons. The topological polar surface area (TPSA) is 9.23 Å². The third-order valence-electron chi connectivity index (χ3n) is 5.41. The predicted molar refractivity (Wildman–Crippen MR) is 116 cm³/mol. The van der Waals surface area contributed by atoms with Crippen molar-refractivity contribution < 1.29 is 4.74 Å². The first-order valence-electron chi connectivity index (χ1n) is 10.1. The smallest absolute Gasteiger partial charge is 0.118 e. The Kier molecular flexibility index (Phi) is 5.49. The molecule has 0 aliphatic heterocycles. The van der Waals surface area contributed by atoms with E-state index >= 15 is 0 Å². The van der Waals surface area contributed by atoms with E-state index in [0.717, 1.165) is 35.6 Å². The van der Waals surface area contributed by atoms with Gasteiger partial charge in [0.25, 0.3) is 0 Å². The molecule has 28 heavy (non-hydrogen) atoms. The molecule has 3 aromatic carbocycles. The first kappa shape index (κ1) is 18.4. The summed E-state index contributed by atoms with van der Waals surface area (Å²) in [5.74, 6) is 8.30. The number of benzene rings is 3. The van der Waals surface area contributed by atoms with Crippen molar-refractivity contribution in [2.75, 3.05) is 7.11 Å². The number of hydrogen-bond donors (Lipinski definition) is 0. The fourth-order valence-electron chi connectivity index (χ4n) is 3.53. The van der Waals surface area contributed by atoms with E-state index in [1.54, 1.807) is 7.11 Å². The van der Waals surface area contributed by atoms with Gasteiger partial charge in [0.2, 0.25) is 0 Å². The second-order valence-corrected chi connectivity index (χ2v) is 7.65. The summed E-state index contributed by atoms with van der Waals surface area (Å²) in [6, 6.07) is 23.6. The molecule has 1 heteroatoms. The maximum Gasteiger partial charge on any atom is 0.118 e. The van der Waals surface area contributed by atoms with Gasteiger partial charge in [-0.3, -0.25) is 0 Å². The van der Waals surface area contributed by atoms with E-state index in [1.807, 2.05) is 12.1 Å². The van der Waals surface area contributed by atoms with E-state index in [4.69, 9.17) is 4.74 Å². The molecule has 1 aliphatic carbocycles. The quantitative estimate of drug-likeness (QED) is 0.498. The van der Waals surface area contributed by atoms with Crippen molar-refractivity contribution in [3.8, 4) is 17.6 Å². The highest BCUT2D eigenvalue weighted by atomic mass is 16.5. The minimum absolute atomic E-state index is 0.729. The van der Waals surface area contributed by atoms with Gasteiger partial charge in [-0.1, -0.05) is 47.7 Å². The van der Waals surface area contributed by atoms with Crippen LogP contribution < -0.4 is 4.74 Å². The molecular weight excluding hydrogens is 340 g/mol. The summed E-state index contributed by atoms with van der Waals surface area (Å²) in [4.78, 5) is 0. The van der Waals surface area contributed by atoms with Crippen molar-refractivity contribution in [2.45, 2.75) is 38.5 Å². The van der Waals surface area contributed by atoms with Crippen LogP contribution in [0.1, 0.15) is 52.1 Å². The van der Waals surface area contributed by atoms with Crippen LogP contribution in [0.2, 0.25) is 0 Å². The van der Waals surface area contributed by atoms with Crippen molar-refractivity contribution >= 4 is 0 Å². The Morgan fingerprint density at radius 1 is 0.821 bits per heavy atom. The normalized spacial score (nSPS) is 12.9. The Labute approximate surface area is 168 Å². The maximum atomic E-state index is 5.25. The van der Waals surface area contributed by atoms with Gasteiger partial charge in [0.1, 0.15) is 5.75 Å². The molecule has 0 heterocycles. The van der Waals surface area contributed by atoms with Gasteiger partial charge in [-0.25, -0.2) is 0 Å². The van der Waals surface area contributed by atoms with E-state index in [9.17, 15) is 0 Å². The van der Waals surface area contributed by atoms with Gasteiger partial charge in [0, 0.05) is 11.1 Å². The molecule has 0 amide bonds. The number of methoxy groups -OCH3 is 1. The number of hydrogen-bond acceptors (Lipinski definition) is 1. The largest absolute Gasteiger partial charge is 0.497 e. The second-order valence-electron chi connectivity index (χ2n) is 7.65. The molecule has 4 rings (SSSR count). The molecule has 0 saturated heterocycles. The van der Waals surface area contributed by atoms with E-state index < -0.39 is 0 Å². The van der Waals surface area contributed by atoms with Crippen LogP contribution in [-0.4, -0.2) is 7.11 Å². The second kappa shape index (κ2) is 8.36. The summed E-state index contributed by atoms with van der Waals surface area (Å²) in [7, 11) is 1.71. The Morgan fingerprint density at radius 2 is 1.50 bits per heavy atom. The standard InChI is InChI=1S/C27H26O/c1-20-3-5-21(6-4-20)7-8-23-10-14-24(27(19-23)25-15-16-25)13-9-22-11-17-26(28-2)18-12-22/h3-6,10-12,14,17-19,25H,9,13,15-16H2,1-2H3. The summed E-state index contributed by atoms with van der Waals surface area (Å²) in [5.41, 5.74) is 7.79. The average molecular weight is 367 g/mol. The third-order valence-corrected chi connectivity index (χ3v) is 5.41. The van der Waals surface area contributed by atoms with Gasteiger partial charge in [0.15, 0.2) is 0 Å². The lowest BCUT2D eigenvalue weighted by atomic mass is 9.95. The zero-order chi connectivity index (χ0) is 19.3. The van der Waals surface area contributed by atoms with E-state index in [-0.39, 0.29) is 0 Å². The summed E-state index contributed by atoms with van der Waals surface area (Å²) in [6.07, 6.45) is 4.75. The van der Waals surface area contributed by atoms with Gasteiger partial charge in [-0.2, -0.15) is 0 Å². The van der Waals surface area contributed by atoms with Crippen LogP contribution in [0.5, 0.6) is 5.75 Å². The van der Waals surface area contributed by atoms with E-state index in [2.05, 4.69) is 73.4 Å². The van der Waals surface area contributed by atoms with E-state index in [0.29, 0.717) is 0 Å². The number of aryl methyl sites for hydroxylation is 3. The first-order valence-corrected chi connectivity index (χ1v) is 10.1. The van der Waals surface area contributed by atoms with Gasteiger partial charge in [-0.05, 0) is 91.6 Å². The molecule has 0 spiro atoms. The van der Waals surface area contributed by atoms with Gasteiger partial charge < -0.3 is 4.74 Å². The van der Waals surface area contributed by atoms with Gasteiger partial charge >= 0.3 is 0 Å². The lowest BCUT2D eigenvalue weighted by molar-refractivity contribution is 0.414. The van der Waals surface area contributed by atoms with Crippen molar-refractivity contribution in [3.05, 3.63) is 100 Å². The Balaban J connectivity index is 1.50. The maximum absolute atomic E-state index is 5.25. The van der Waals surface area contributed by atoms with Crippen LogP contribution in [0, 0.1) is 18.8 Å². The van der Waals surface area contributed by atoms with Crippen molar-refractivity contribution in [1.82, 2.24) is 0 Å². The molecule has 1 saturated carbocycles. The SMILES string of the molecule is COc1ccc(CCc2ccc(C#Cc3ccc(C)cc3)cc2C2CC2)cc1. The van der Waals surface area contributed by atoms with Gasteiger partial charge in [0.05, 0.1) is 7.11 Å². The molecule has 140 valence electrons. The Morgan fingerprint density at radius 3 is 2.18 bits per heavy atom. The lowest BCUT2D eigenvalue weighted by Crippen LogP contribution is -1.97. The van der Waals surface area contributed by atoms with Crippen molar-refractivity contribution in [2.24, 2.45) is 0 Å². The van der Waals surface area contributed by atoms with Crippen LogP contribution in [-0.2, 0) is 12.8 Å². The molecule has 0 unspecified atom stereocenters. The number of ether oxygens (including phenoxy) is 1. The molecule has 1 fully saturated rings. The molecule has 1 nitrogen and oxygen atoms in total. The lowest BCUT2D eigenvalue weighted by Gasteiger charge is -2.10. The Hall–Kier alpha value is -2.98. The Bertz CT molecular complexity index is 997.